The fourth-order valence-electron chi connectivity index (χ4n) is 3.08. The number of aliphatic carboxylic acids is 2. The van der Waals surface area contributed by atoms with E-state index in [4.69, 9.17) is 6.15 Å². The number of carboxylic acid groups (broad SMARTS) is 2. The third kappa shape index (κ3) is 31.1. The van der Waals surface area contributed by atoms with Gasteiger partial charge in [0.15, 0.2) is 0 Å². The molecule has 0 rings (SSSR count). The van der Waals surface area contributed by atoms with Crippen molar-refractivity contribution in [3.8, 4) is 0 Å². The van der Waals surface area contributed by atoms with Crippen molar-refractivity contribution < 1.29 is 35.5 Å². The van der Waals surface area contributed by atoms with Gasteiger partial charge in [0.05, 0.1) is 23.8 Å². The van der Waals surface area contributed by atoms with Crippen molar-refractivity contribution in [2.75, 3.05) is 13.2 Å². The molecule has 0 saturated carbocycles. The predicted octanol–water partition coefficient (Wildman–Crippen LogP) is 3.98. The molecule has 0 heterocycles. The summed E-state index contributed by atoms with van der Waals surface area (Å²) in [6, 6.07) is 0. The molecule has 0 aliphatic rings. The minimum atomic E-state index is -1.23. The Kier molecular flexibility index (Phi) is 34.2. The van der Waals surface area contributed by atoms with Gasteiger partial charge in [-0.2, -0.15) is 0 Å². The number of ketones is 2. The monoisotopic (exact) mass is 636 g/mol. The molecule has 0 aliphatic heterocycles. The molecule has 0 saturated heterocycles. The molecule has 0 aromatic carbocycles. The first-order chi connectivity index (χ1) is 17.6. The van der Waals surface area contributed by atoms with E-state index < -0.39 is 45.7 Å². The van der Waals surface area contributed by atoms with Crippen LogP contribution >= 0.6 is 0 Å². The van der Waals surface area contributed by atoms with Crippen LogP contribution in [0.2, 0.25) is 0 Å². The van der Waals surface area contributed by atoms with Crippen molar-refractivity contribution in [1.82, 2.24) is 0 Å². The van der Waals surface area contributed by atoms with Gasteiger partial charge in [-0.3, -0.25) is 9.59 Å². The molecule has 2 atom stereocenters. The zero-order valence-electron chi connectivity index (χ0n) is 24.2. The summed E-state index contributed by atoms with van der Waals surface area (Å²) >= 11 is -0.876. The van der Waals surface area contributed by atoms with E-state index >= 15 is 0 Å². The first kappa shape index (κ1) is 40.5. The van der Waals surface area contributed by atoms with Crippen LogP contribution in [0, 0.1) is 11.8 Å². The molecule has 216 valence electrons. The van der Waals surface area contributed by atoms with Gasteiger partial charge in [-0.15, -0.1) is 0 Å². The second-order valence-corrected chi connectivity index (χ2v) is 11.3. The quantitative estimate of drug-likeness (QED) is 0.0992. The second kappa shape index (κ2) is 31.2. The number of carboxylic acids is 2. The maximum absolute atomic E-state index is 10.8. The number of hydrogen-bond donors (Lipinski definition) is 0. The van der Waals surface area contributed by atoms with Gasteiger partial charge < -0.3 is 19.8 Å². The van der Waals surface area contributed by atoms with Crippen LogP contribution in [0.15, 0.2) is 0 Å². The SMILES string of the molecule is CCCCCCC(C(C)=O)C(=O)[O-].CCCCCCC(C(C)=O)C(=O)[O-].CCCC[O][Sn+2][O]CCCC. The molecule has 0 amide bonds. The Labute approximate surface area is 237 Å². The van der Waals surface area contributed by atoms with Crippen molar-refractivity contribution in [2.45, 2.75) is 131 Å². The van der Waals surface area contributed by atoms with Crippen LogP contribution in [0.3, 0.4) is 0 Å². The first-order valence-corrected chi connectivity index (χ1v) is 16.3. The standard InChI is InChI=1S/2C10H18O3.2C4H9O.Sn/c2*1-3-4-5-6-7-9(8(2)11)10(12)13;2*1-2-3-4-5;/h2*9H,3-7H2,1-2H3,(H,12,13);2*2-4H2,1H3;/q;;2*-1;+4/p-2. The van der Waals surface area contributed by atoms with Crippen molar-refractivity contribution in [2.24, 2.45) is 11.8 Å². The fraction of sp³-hybridized carbons (Fsp3) is 0.857. The Morgan fingerprint density at radius 2 is 0.892 bits per heavy atom. The zero-order chi connectivity index (χ0) is 28.9. The van der Waals surface area contributed by atoms with Gasteiger partial charge in [0.2, 0.25) is 0 Å². The molecule has 9 heteroatoms. The maximum atomic E-state index is 10.8. The number of carbonyl (C=O) groups is 4. The van der Waals surface area contributed by atoms with Gasteiger partial charge in [-0.25, -0.2) is 0 Å². The topological polar surface area (TPSA) is 133 Å². The van der Waals surface area contributed by atoms with E-state index in [2.05, 4.69) is 27.7 Å². The minimum absolute atomic E-state index is 0.295. The third-order valence-corrected chi connectivity index (χ3v) is 7.40. The van der Waals surface area contributed by atoms with Crippen LogP contribution in [-0.2, 0) is 25.3 Å². The Balaban J connectivity index is -0.000000471. The average Bonchev–Trinajstić information content (AvgIpc) is 2.83. The molecule has 37 heavy (non-hydrogen) atoms. The van der Waals surface area contributed by atoms with Gasteiger partial charge in [-0.05, 0) is 26.7 Å². The summed E-state index contributed by atoms with van der Waals surface area (Å²) in [4.78, 5) is 42.6. The molecule has 0 fully saturated rings. The van der Waals surface area contributed by atoms with Crippen LogP contribution in [-0.4, -0.2) is 58.7 Å². The van der Waals surface area contributed by atoms with Gasteiger partial charge in [0, 0.05) is 0 Å². The molecule has 0 aromatic heterocycles. The molecule has 0 spiro atoms. The van der Waals surface area contributed by atoms with E-state index in [9.17, 15) is 29.4 Å². The van der Waals surface area contributed by atoms with Gasteiger partial charge in [-0.1, -0.05) is 65.2 Å². The molecule has 0 N–H and O–H groups in total. The van der Waals surface area contributed by atoms with E-state index in [1.165, 1.54) is 39.5 Å². The summed E-state index contributed by atoms with van der Waals surface area (Å²) in [5, 5.41) is 20.9. The van der Waals surface area contributed by atoms with Gasteiger partial charge >= 0.3 is 80.9 Å². The summed E-state index contributed by atoms with van der Waals surface area (Å²) in [5.41, 5.74) is 0. The number of rotatable bonds is 22. The molecule has 2 unspecified atom stereocenters. The number of carbonyl (C=O) groups excluding carboxylic acids is 4. The summed E-state index contributed by atoms with van der Waals surface area (Å²) in [6.07, 6.45) is 13.6. The molecule has 8 nitrogen and oxygen atoms in total. The Morgan fingerprint density at radius 3 is 1.14 bits per heavy atom. The van der Waals surface area contributed by atoms with Gasteiger partial charge in [0.1, 0.15) is 11.6 Å². The van der Waals surface area contributed by atoms with Crippen LogP contribution in [0.4, 0.5) is 0 Å². The van der Waals surface area contributed by atoms with Crippen LogP contribution in [0.5, 0.6) is 0 Å². The van der Waals surface area contributed by atoms with E-state index in [-0.39, 0.29) is 11.6 Å². The molecular formula is C28H52O8Sn. The van der Waals surface area contributed by atoms with Crippen LogP contribution in [0.25, 0.3) is 0 Å². The van der Waals surface area contributed by atoms with Crippen molar-refractivity contribution in [3.63, 3.8) is 0 Å². The molecule has 0 aliphatic carbocycles. The van der Waals surface area contributed by atoms with E-state index in [0.717, 1.165) is 64.6 Å². The van der Waals surface area contributed by atoms with Crippen LogP contribution < -0.4 is 10.2 Å². The second-order valence-electron chi connectivity index (χ2n) is 9.15. The normalized spacial score (nSPS) is 11.6. The summed E-state index contributed by atoms with van der Waals surface area (Å²) < 4.78 is 10.7. The average molecular weight is 635 g/mol. The molecule has 0 aromatic rings. The molecule has 0 radical (unpaired) electrons. The molecule has 0 bridgehead atoms. The Hall–Kier alpha value is -1.00. The van der Waals surface area contributed by atoms with E-state index in [1.807, 2.05) is 0 Å². The van der Waals surface area contributed by atoms with Gasteiger partial charge in [0.25, 0.3) is 0 Å². The number of unbranched alkanes of at least 4 members (excludes halogenated alkanes) is 8. The number of Topliss-reactive ketones (excluding diaryl/α,β-unsaturated/α-hetero) is 2. The van der Waals surface area contributed by atoms with Crippen molar-refractivity contribution in [3.05, 3.63) is 0 Å². The van der Waals surface area contributed by atoms with Crippen molar-refractivity contribution >= 4 is 45.5 Å². The summed E-state index contributed by atoms with van der Waals surface area (Å²) in [6.45, 7) is 12.9. The summed E-state index contributed by atoms with van der Waals surface area (Å²) in [7, 11) is 0. The zero-order valence-corrected chi connectivity index (χ0v) is 27.1. The fourth-order valence-corrected chi connectivity index (χ4v) is 4.62. The Bertz CT molecular complexity index is 492. The van der Waals surface area contributed by atoms with Crippen LogP contribution in [0.1, 0.15) is 131 Å². The predicted molar refractivity (Wildman–Crippen MR) is 143 cm³/mol. The van der Waals surface area contributed by atoms with Crippen molar-refractivity contribution in [1.29, 1.82) is 0 Å². The Morgan fingerprint density at radius 1 is 0.568 bits per heavy atom. The summed E-state index contributed by atoms with van der Waals surface area (Å²) in [5.74, 6) is -4.84. The van der Waals surface area contributed by atoms with E-state index in [1.54, 1.807) is 0 Å². The number of hydrogen-bond acceptors (Lipinski definition) is 8. The third-order valence-electron chi connectivity index (χ3n) is 5.56. The first-order valence-electron chi connectivity index (χ1n) is 14.0. The molecular weight excluding hydrogens is 583 g/mol. The van der Waals surface area contributed by atoms with E-state index in [0.29, 0.717) is 12.8 Å².